The number of allylic oxidation sites excluding steroid dienone is 1. The van der Waals surface area contributed by atoms with Gasteiger partial charge in [-0.25, -0.2) is 0 Å². The van der Waals surface area contributed by atoms with Crippen LogP contribution in [0.3, 0.4) is 0 Å². The normalized spacial score (nSPS) is 24.5. The SMILES string of the molecule is C[C@@H](O)C/C=C/CC[C@H]1OC(C)(C)O[C@@H]1COCc1ccccc1. The van der Waals surface area contributed by atoms with Crippen LogP contribution in [-0.2, 0) is 20.8 Å². The zero-order chi connectivity index (χ0) is 17.4. The minimum atomic E-state index is -0.561. The molecule has 1 N–H and O–H groups in total. The van der Waals surface area contributed by atoms with Crippen molar-refractivity contribution in [2.75, 3.05) is 6.61 Å². The van der Waals surface area contributed by atoms with Crippen LogP contribution in [0.1, 0.15) is 45.6 Å². The second-order valence-electron chi connectivity index (χ2n) is 6.85. The molecule has 0 unspecified atom stereocenters. The summed E-state index contributed by atoms with van der Waals surface area (Å²) in [7, 11) is 0. The van der Waals surface area contributed by atoms with Gasteiger partial charge in [0.25, 0.3) is 0 Å². The Bertz CT molecular complexity index is 496. The van der Waals surface area contributed by atoms with Crippen molar-refractivity contribution in [1.82, 2.24) is 0 Å². The van der Waals surface area contributed by atoms with Crippen LogP contribution in [0.15, 0.2) is 42.5 Å². The Kier molecular flexibility index (Phi) is 7.43. The van der Waals surface area contributed by atoms with Gasteiger partial charge in [-0.05, 0) is 45.6 Å². The zero-order valence-corrected chi connectivity index (χ0v) is 15.0. The van der Waals surface area contributed by atoms with Crippen LogP contribution in [0, 0.1) is 0 Å². The van der Waals surface area contributed by atoms with Crippen molar-refractivity contribution in [3.05, 3.63) is 48.0 Å². The summed E-state index contributed by atoms with van der Waals surface area (Å²) in [5.41, 5.74) is 1.16. The topological polar surface area (TPSA) is 47.9 Å². The lowest BCUT2D eigenvalue weighted by molar-refractivity contribution is -0.151. The minimum absolute atomic E-state index is 0.0342. The van der Waals surface area contributed by atoms with E-state index in [-0.39, 0.29) is 18.3 Å². The number of hydrogen-bond acceptors (Lipinski definition) is 4. The predicted molar refractivity (Wildman–Crippen MR) is 94.6 cm³/mol. The van der Waals surface area contributed by atoms with Gasteiger partial charge < -0.3 is 19.3 Å². The Hall–Kier alpha value is -1.20. The van der Waals surface area contributed by atoms with Crippen LogP contribution in [0.5, 0.6) is 0 Å². The Morgan fingerprint density at radius 2 is 1.88 bits per heavy atom. The largest absolute Gasteiger partial charge is 0.393 e. The highest BCUT2D eigenvalue weighted by Gasteiger charge is 2.40. The molecule has 0 aromatic heterocycles. The highest BCUT2D eigenvalue weighted by atomic mass is 16.8. The van der Waals surface area contributed by atoms with E-state index < -0.39 is 5.79 Å². The number of benzene rings is 1. The maximum Gasteiger partial charge on any atom is 0.163 e. The standard InChI is InChI=1S/C20H30O4/c1-16(21)10-6-4-9-13-18-19(24-20(2,3)23-18)15-22-14-17-11-7-5-8-12-17/h4-8,11-12,16,18-19,21H,9-10,13-15H2,1-3H3/b6-4+/t16-,18-,19-/m1/s1. The van der Waals surface area contributed by atoms with Crippen molar-refractivity contribution in [2.45, 2.75) is 70.7 Å². The molecule has 4 nitrogen and oxygen atoms in total. The molecule has 0 bridgehead atoms. The molecule has 2 rings (SSSR count). The minimum Gasteiger partial charge on any atom is -0.393 e. The first-order valence-corrected chi connectivity index (χ1v) is 8.76. The van der Waals surface area contributed by atoms with Crippen molar-refractivity contribution in [1.29, 1.82) is 0 Å². The van der Waals surface area contributed by atoms with Crippen LogP contribution >= 0.6 is 0 Å². The molecule has 0 saturated carbocycles. The quantitative estimate of drug-likeness (QED) is 0.697. The fraction of sp³-hybridized carbons (Fsp3) is 0.600. The molecule has 1 aliphatic rings. The second-order valence-corrected chi connectivity index (χ2v) is 6.85. The van der Waals surface area contributed by atoms with E-state index in [2.05, 4.69) is 18.2 Å². The van der Waals surface area contributed by atoms with Crippen molar-refractivity contribution >= 4 is 0 Å². The van der Waals surface area contributed by atoms with E-state index in [1.165, 1.54) is 0 Å². The molecular formula is C20H30O4. The molecule has 0 aliphatic carbocycles. The summed E-state index contributed by atoms with van der Waals surface area (Å²) in [5, 5.41) is 9.25. The van der Waals surface area contributed by atoms with Gasteiger partial charge in [-0.1, -0.05) is 42.5 Å². The van der Waals surface area contributed by atoms with E-state index in [0.29, 0.717) is 19.6 Å². The number of ether oxygens (including phenoxy) is 3. The van der Waals surface area contributed by atoms with Gasteiger partial charge in [0, 0.05) is 0 Å². The van der Waals surface area contributed by atoms with Gasteiger partial charge in [0.05, 0.1) is 25.4 Å². The summed E-state index contributed by atoms with van der Waals surface area (Å²) in [6.45, 7) is 6.80. The summed E-state index contributed by atoms with van der Waals surface area (Å²) in [6.07, 6.45) is 6.31. The average molecular weight is 334 g/mol. The second kappa shape index (κ2) is 9.33. The summed E-state index contributed by atoms with van der Waals surface area (Å²) in [5.74, 6) is -0.561. The van der Waals surface area contributed by atoms with E-state index in [1.807, 2.05) is 38.1 Å². The third-order valence-electron chi connectivity index (χ3n) is 3.94. The molecule has 1 aliphatic heterocycles. The van der Waals surface area contributed by atoms with Crippen molar-refractivity contribution in [3.8, 4) is 0 Å². The highest BCUT2D eigenvalue weighted by Crippen LogP contribution is 2.31. The molecule has 134 valence electrons. The van der Waals surface area contributed by atoms with Gasteiger partial charge in [-0.2, -0.15) is 0 Å². The van der Waals surface area contributed by atoms with Crippen LogP contribution in [0.4, 0.5) is 0 Å². The lowest BCUT2D eigenvalue weighted by Crippen LogP contribution is -2.27. The highest BCUT2D eigenvalue weighted by molar-refractivity contribution is 5.13. The fourth-order valence-electron chi connectivity index (χ4n) is 2.83. The summed E-state index contributed by atoms with van der Waals surface area (Å²) < 4.78 is 17.8. The lowest BCUT2D eigenvalue weighted by atomic mass is 10.1. The molecule has 4 heteroatoms. The Morgan fingerprint density at radius 3 is 2.58 bits per heavy atom. The molecule has 0 spiro atoms. The summed E-state index contributed by atoms with van der Waals surface area (Å²) in [6, 6.07) is 10.1. The van der Waals surface area contributed by atoms with Crippen molar-refractivity contribution < 1.29 is 19.3 Å². The molecule has 1 aromatic rings. The first-order chi connectivity index (χ1) is 11.5. The van der Waals surface area contributed by atoms with Gasteiger partial charge in [-0.15, -0.1) is 0 Å². The van der Waals surface area contributed by atoms with Crippen LogP contribution < -0.4 is 0 Å². The first-order valence-electron chi connectivity index (χ1n) is 8.76. The zero-order valence-electron chi connectivity index (χ0n) is 15.0. The Morgan fingerprint density at radius 1 is 1.17 bits per heavy atom. The fourth-order valence-corrected chi connectivity index (χ4v) is 2.83. The average Bonchev–Trinajstić information content (AvgIpc) is 2.82. The van der Waals surface area contributed by atoms with E-state index in [1.54, 1.807) is 6.92 Å². The van der Waals surface area contributed by atoms with Gasteiger partial charge in [0.1, 0.15) is 6.10 Å². The monoisotopic (exact) mass is 334 g/mol. The molecule has 0 amide bonds. The van der Waals surface area contributed by atoms with E-state index in [9.17, 15) is 5.11 Å². The molecule has 1 saturated heterocycles. The third kappa shape index (κ3) is 6.73. The van der Waals surface area contributed by atoms with Gasteiger partial charge >= 0.3 is 0 Å². The van der Waals surface area contributed by atoms with E-state index in [4.69, 9.17) is 14.2 Å². The molecule has 24 heavy (non-hydrogen) atoms. The number of aliphatic hydroxyl groups is 1. The summed E-state index contributed by atoms with van der Waals surface area (Å²) in [4.78, 5) is 0. The lowest BCUT2D eigenvalue weighted by Gasteiger charge is -2.17. The predicted octanol–water partition coefficient (Wildman–Crippen LogP) is 3.83. The van der Waals surface area contributed by atoms with Crippen LogP contribution in [0.2, 0.25) is 0 Å². The van der Waals surface area contributed by atoms with Crippen LogP contribution in [0.25, 0.3) is 0 Å². The Balaban J connectivity index is 1.76. The molecule has 1 fully saturated rings. The summed E-state index contributed by atoms with van der Waals surface area (Å²) >= 11 is 0. The maximum absolute atomic E-state index is 9.25. The number of rotatable bonds is 9. The smallest absolute Gasteiger partial charge is 0.163 e. The molecule has 1 aromatic carbocycles. The van der Waals surface area contributed by atoms with Crippen LogP contribution in [-0.4, -0.2) is 35.8 Å². The van der Waals surface area contributed by atoms with Gasteiger partial charge in [0.2, 0.25) is 0 Å². The molecule has 1 heterocycles. The molecular weight excluding hydrogens is 304 g/mol. The number of hydrogen-bond donors (Lipinski definition) is 1. The van der Waals surface area contributed by atoms with Crippen molar-refractivity contribution in [2.24, 2.45) is 0 Å². The van der Waals surface area contributed by atoms with E-state index >= 15 is 0 Å². The third-order valence-corrected chi connectivity index (χ3v) is 3.94. The van der Waals surface area contributed by atoms with E-state index in [0.717, 1.165) is 18.4 Å². The maximum atomic E-state index is 9.25. The Labute approximate surface area is 145 Å². The van der Waals surface area contributed by atoms with Gasteiger partial charge in [0.15, 0.2) is 5.79 Å². The first kappa shape index (κ1) is 19.1. The molecule has 3 atom stereocenters. The van der Waals surface area contributed by atoms with Gasteiger partial charge in [-0.3, -0.25) is 0 Å². The number of aliphatic hydroxyl groups excluding tert-OH is 1. The molecule has 0 radical (unpaired) electrons. The van der Waals surface area contributed by atoms with Crippen molar-refractivity contribution in [3.63, 3.8) is 0 Å².